The number of anilines is 2. The Kier molecular flexibility index (Phi) is 6.01. The molecule has 0 saturated heterocycles. The number of hydrogen-bond acceptors (Lipinski definition) is 5. The Morgan fingerprint density at radius 2 is 2.04 bits per heavy atom. The quantitative estimate of drug-likeness (QED) is 0.581. The van der Waals surface area contributed by atoms with Crippen LogP contribution in [0.15, 0.2) is 36.5 Å². The number of nitrogens with zero attached hydrogens (tertiary/aromatic N) is 2. The Balaban J connectivity index is 1.59. The molecule has 0 atom stereocenters. The van der Waals surface area contributed by atoms with Crippen LogP contribution in [0.25, 0.3) is 0 Å². The number of nitro groups is 1. The molecule has 1 aromatic heterocycles. The van der Waals surface area contributed by atoms with Crippen LogP contribution < -0.4 is 10.6 Å². The van der Waals surface area contributed by atoms with Crippen molar-refractivity contribution in [1.29, 1.82) is 0 Å². The summed E-state index contributed by atoms with van der Waals surface area (Å²) in [6.07, 6.45) is 6.68. The largest absolute Gasteiger partial charge is 0.366 e. The summed E-state index contributed by atoms with van der Waals surface area (Å²) < 4.78 is 0. The first-order valence-corrected chi connectivity index (χ1v) is 9.27. The summed E-state index contributed by atoms with van der Waals surface area (Å²) in [6, 6.07) is 9.35. The normalized spacial score (nSPS) is 14.6. The van der Waals surface area contributed by atoms with Gasteiger partial charge >= 0.3 is 0 Å². The van der Waals surface area contributed by atoms with Gasteiger partial charge in [-0.1, -0.05) is 31.4 Å². The zero-order chi connectivity index (χ0) is 19.2. The second-order valence-corrected chi connectivity index (χ2v) is 6.99. The molecule has 7 nitrogen and oxygen atoms in total. The molecule has 2 aromatic rings. The summed E-state index contributed by atoms with van der Waals surface area (Å²) in [4.78, 5) is 26.9. The van der Waals surface area contributed by atoms with E-state index in [0.29, 0.717) is 17.9 Å². The maximum absolute atomic E-state index is 12.4. The second kappa shape index (κ2) is 8.62. The van der Waals surface area contributed by atoms with Crippen LogP contribution in [0.5, 0.6) is 0 Å². The van der Waals surface area contributed by atoms with Gasteiger partial charge in [-0.3, -0.25) is 14.9 Å². The highest BCUT2D eigenvalue weighted by Gasteiger charge is 2.21. The van der Waals surface area contributed by atoms with Crippen molar-refractivity contribution >= 4 is 23.1 Å². The average Bonchev–Trinajstić information content (AvgIpc) is 2.67. The van der Waals surface area contributed by atoms with Crippen LogP contribution in [-0.2, 0) is 11.3 Å². The van der Waals surface area contributed by atoms with E-state index in [-0.39, 0.29) is 17.5 Å². The minimum absolute atomic E-state index is 0.00738. The van der Waals surface area contributed by atoms with Gasteiger partial charge in [0.2, 0.25) is 5.91 Å². The van der Waals surface area contributed by atoms with E-state index in [1.165, 1.54) is 12.6 Å². The lowest BCUT2D eigenvalue weighted by molar-refractivity contribution is -0.385. The lowest BCUT2D eigenvalue weighted by Gasteiger charge is -2.20. The van der Waals surface area contributed by atoms with E-state index in [4.69, 9.17) is 0 Å². The maximum Gasteiger partial charge on any atom is 0.290 e. The van der Waals surface area contributed by atoms with E-state index in [0.717, 1.165) is 36.9 Å². The van der Waals surface area contributed by atoms with Crippen molar-refractivity contribution in [3.63, 3.8) is 0 Å². The lowest BCUT2D eigenvalue weighted by atomic mass is 9.88. The molecule has 0 aliphatic heterocycles. The molecule has 1 saturated carbocycles. The molecular formula is C20H24N4O3. The monoisotopic (exact) mass is 368 g/mol. The first-order chi connectivity index (χ1) is 13.0. The van der Waals surface area contributed by atoms with E-state index in [2.05, 4.69) is 15.6 Å². The van der Waals surface area contributed by atoms with Crippen LogP contribution in [0, 0.1) is 23.0 Å². The molecule has 1 aliphatic rings. The minimum Gasteiger partial charge on any atom is -0.366 e. The summed E-state index contributed by atoms with van der Waals surface area (Å²) in [6.45, 7) is 2.20. The van der Waals surface area contributed by atoms with Gasteiger partial charge in [-0.15, -0.1) is 0 Å². The van der Waals surface area contributed by atoms with Crippen molar-refractivity contribution in [1.82, 2.24) is 4.98 Å². The molecule has 0 spiro atoms. The fraction of sp³-hybridized carbons (Fsp3) is 0.400. The predicted octanol–water partition coefficient (Wildman–Crippen LogP) is 4.43. The first kappa shape index (κ1) is 18.8. The average molecular weight is 368 g/mol. The van der Waals surface area contributed by atoms with Gasteiger partial charge in [0.05, 0.1) is 4.92 Å². The zero-order valence-electron chi connectivity index (χ0n) is 15.4. The van der Waals surface area contributed by atoms with Crippen LogP contribution in [0.3, 0.4) is 0 Å². The number of carbonyl (C=O) groups excluding carboxylic acids is 1. The van der Waals surface area contributed by atoms with Gasteiger partial charge in [0.1, 0.15) is 12.0 Å². The van der Waals surface area contributed by atoms with E-state index in [1.807, 2.05) is 24.3 Å². The predicted molar refractivity (Wildman–Crippen MR) is 105 cm³/mol. The number of nitrogens with one attached hydrogen (secondary N) is 2. The molecule has 7 heteroatoms. The highest BCUT2D eigenvalue weighted by Crippen LogP contribution is 2.25. The molecule has 0 unspecified atom stereocenters. The number of amides is 1. The third-order valence-electron chi connectivity index (χ3n) is 4.92. The molecule has 1 aliphatic carbocycles. The summed E-state index contributed by atoms with van der Waals surface area (Å²) in [5.41, 5.74) is 2.35. The van der Waals surface area contributed by atoms with Gasteiger partial charge in [0, 0.05) is 23.7 Å². The third kappa shape index (κ3) is 5.03. The Morgan fingerprint density at radius 3 is 2.74 bits per heavy atom. The molecule has 3 rings (SSSR count). The molecule has 142 valence electrons. The van der Waals surface area contributed by atoms with E-state index in [9.17, 15) is 14.9 Å². The number of aromatic nitrogens is 1. The summed E-state index contributed by atoms with van der Waals surface area (Å²) in [5.74, 6) is 0.801. The molecule has 1 amide bonds. The number of pyridine rings is 1. The van der Waals surface area contributed by atoms with Crippen LogP contribution in [0.2, 0.25) is 0 Å². The lowest BCUT2D eigenvalue weighted by Crippen LogP contribution is -2.24. The topological polar surface area (TPSA) is 97.2 Å². The first-order valence-electron chi connectivity index (χ1n) is 9.27. The van der Waals surface area contributed by atoms with Crippen molar-refractivity contribution in [2.24, 2.45) is 5.92 Å². The number of benzene rings is 1. The SMILES string of the molecule is Cc1cc(NCc2cccc(NC(=O)C3CCCCC3)c2)ncc1[N+](=O)[O-]. The zero-order valence-corrected chi connectivity index (χ0v) is 15.4. The van der Waals surface area contributed by atoms with Gasteiger partial charge < -0.3 is 10.6 Å². The van der Waals surface area contributed by atoms with Gasteiger partial charge in [-0.05, 0) is 43.5 Å². The maximum atomic E-state index is 12.4. The van der Waals surface area contributed by atoms with Gasteiger partial charge in [-0.2, -0.15) is 0 Å². The van der Waals surface area contributed by atoms with E-state index in [1.54, 1.807) is 13.0 Å². The van der Waals surface area contributed by atoms with Crippen LogP contribution in [0.4, 0.5) is 17.2 Å². The number of hydrogen-bond donors (Lipinski definition) is 2. The Hall–Kier alpha value is -2.96. The summed E-state index contributed by atoms with van der Waals surface area (Å²) in [5, 5.41) is 17.1. The fourth-order valence-electron chi connectivity index (χ4n) is 3.40. The standard InChI is InChI=1S/C20H24N4O3/c1-14-10-19(22-13-18(14)24(26)27)21-12-15-6-5-9-17(11-15)23-20(25)16-7-3-2-4-8-16/h5-6,9-11,13,16H,2-4,7-8,12H2,1H3,(H,21,22)(H,23,25). The molecule has 2 N–H and O–H groups in total. The molecular weight excluding hydrogens is 344 g/mol. The third-order valence-corrected chi connectivity index (χ3v) is 4.92. The number of aryl methyl sites for hydroxylation is 1. The Morgan fingerprint density at radius 1 is 1.26 bits per heavy atom. The molecule has 0 bridgehead atoms. The van der Waals surface area contributed by atoms with Crippen molar-refractivity contribution in [2.75, 3.05) is 10.6 Å². The summed E-state index contributed by atoms with van der Waals surface area (Å²) in [7, 11) is 0. The Labute approximate surface area is 158 Å². The van der Waals surface area contributed by atoms with Gasteiger partial charge in [0.15, 0.2) is 0 Å². The van der Waals surface area contributed by atoms with Crippen LogP contribution >= 0.6 is 0 Å². The highest BCUT2D eigenvalue weighted by molar-refractivity contribution is 5.92. The van der Waals surface area contributed by atoms with Crippen molar-refractivity contribution in [2.45, 2.75) is 45.6 Å². The molecule has 0 radical (unpaired) electrons. The number of rotatable bonds is 6. The molecule has 27 heavy (non-hydrogen) atoms. The molecule has 1 fully saturated rings. The van der Waals surface area contributed by atoms with Crippen LogP contribution in [-0.4, -0.2) is 15.8 Å². The van der Waals surface area contributed by atoms with Crippen molar-refractivity contribution < 1.29 is 9.72 Å². The smallest absolute Gasteiger partial charge is 0.290 e. The Bertz CT molecular complexity index is 832. The highest BCUT2D eigenvalue weighted by atomic mass is 16.6. The van der Waals surface area contributed by atoms with Crippen LogP contribution in [0.1, 0.15) is 43.2 Å². The summed E-state index contributed by atoms with van der Waals surface area (Å²) >= 11 is 0. The minimum atomic E-state index is -0.440. The van der Waals surface area contributed by atoms with Crippen molar-refractivity contribution in [3.05, 3.63) is 57.8 Å². The second-order valence-electron chi connectivity index (χ2n) is 6.99. The fourth-order valence-corrected chi connectivity index (χ4v) is 3.40. The molecule has 1 heterocycles. The van der Waals surface area contributed by atoms with E-state index >= 15 is 0 Å². The van der Waals surface area contributed by atoms with Gasteiger partial charge in [0.25, 0.3) is 5.69 Å². The van der Waals surface area contributed by atoms with Gasteiger partial charge in [-0.25, -0.2) is 4.98 Å². The van der Waals surface area contributed by atoms with Crippen molar-refractivity contribution in [3.8, 4) is 0 Å². The van der Waals surface area contributed by atoms with E-state index < -0.39 is 4.92 Å². The number of carbonyl (C=O) groups is 1. The molecule has 1 aromatic carbocycles.